The van der Waals surface area contributed by atoms with Gasteiger partial charge in [0.05, 0.1) is 5.60 Å². The van der Waals surface area contributed by atoms with E-state index in [1.165, 1.54) is 5.56 Å². The van der Waals surface area contributed by atoms with E-state index < -0.39 is 5.60 Å². The summed E-state index contributed by atoms with van der Waals surface area (Å²) in [6.07, 6.45) is 3.31. The summed E-state index contributed by atoms with van der Waals surface area (Å²) in [4.78, 5) is 6.55. The summed E-state index contributed by atoms with van der Waals surface area (Å²) < 4.78 is 5.31. The monoisotopic (exact) mass is 278 g/mol. The highest BCUT2D eigenvalue weighted by atomic mass is 16.5. The number of aromatic nitrogens is 1. The third-order valence-corrected chi connectivity index (χ3v) is 3.96. The predicted octanol–water partition coefficient (Wildman–Crippen LogP) is 2.36. The van der Waals surface area contributed by atoms with Crippen molar-refractivity contribution in [3.05, 3.63) is 23.9 Å². The predicted molar refractivity (Wildman–Crippen MR) is 81.2 cm³/mol. The molecule has 1 aliphatic rings. The van der Waals surface area contributed by atoms with Gasteiger partial charge in [-0.1, -0.05) is 26.8 Å². The van der Waals surface area contributed by atoms with Gasteiger partial charge in [-0.15, -0.1) is 0 Å². The Kier molecular flexibility index (Phi) is 4.35. The lowest BCUT2D eigenvalue weighted by molar-refractivity contribution is -0.0573. The second-order valence-corrected chi connectivity index (χ2v) is 6.85. The van der Waals surface area contributed by atoms with Crippen LogP contribution < -0.4 is 4.90 Å². The molecule has 0 unspecified atom stereocenters. The highest BCUT2D eigenvalue weighted by Crippen LogP contribution is 2.25. The molecule has 1 aromatic heterocycles. The minimum absolute atomic E-state index is 0.114. The summed E-state index contributed by atoms with van der Waals surface area (Å²) in [5.41, 5.74) is 0.680. The molecule has 1 saturated heterocycles. The number of rotatable bonds is 3. The smallest absolute Gasteiger partial charge is 0.128 e. The molecule has 0 bridgehead atoms. The van der Waals surface area contributed by atoms with Crippen LogP contribution in [-0.2, 0) is 10.2 Å². The van der Waals surface area contributed by atoms with E-state index >= 15 is 0 Å². The summed E-state index contributed by atoms with van der Waals surface area (Å²) in [5, 5.41) is 10.5. The fourth-order valence-corrected chi connectivity index (χ4v) is 2.49. The maximum atomic E-state index is 10.5. The van der Waals surface area contributed by atoms with Crippen LogP contribution in [0.5, 0.6) is 0 Å². The molecule has 1 N–H and O–H groups in total. The molecule has 0 amide bonds. The first-order valence-electron chi connectivity index (χ1n) is 7.28. The van der Waals surface area contributed by atoms with Gasteiger partial charge in [0.15, 0.2) is 0 Å². The lowest BCUT2D eigenvalue weighted by Gasteiger charge is -2.35. The van der Waals surface area contributed by atoms with Crippen molar-refractivity contribution in [2.75, 3.05) is 31.7 Å². The third-order valence-electron chi connectivity index (χ3n) is 3.96. The summed E-state index contributed by atoms with van der Waals surface area (Å²) in [6, 6.07) is 4.15. The van der Waals surface area contributed by atoms with Gasteiger partial charge in [0.25, 0.3) is 0 Å². The van der Waals surface area contributed by atoms with Gasteiger partial charge in [0.1, 0.15) is 5.82 Å². The first kappa shape index (κ1) is 15.3. The van der Waals surface area contributed by atoms with E-state index in [-0.39, 0.29) is 5.41 Å². The van der Waals surface area contributed by atoms with Gasteiger partial charge in [-0.3, -0.25) is 0 Å². The van der Waals surface area contributed by atoms with Crippen LogP contribution in [0.3, 0.4) is 0 Å². The van der Waals surface area contributed by atoms with Gasteiger partial charge in [0, 0.05) is 45.8 Å². The minimum atomic E-state index is -0.655. The Morgan fingerprint density at radius 1 is 1.30 bits per heavy atom. The fraction of sp³-hybridized carbons (Fsp3) is 0.688. The highest BCUT2D eigenvalue weighted by molar-refractivity contribution is 5.40. The molecule has 1 fully saturated rings. The van der Waals surface area contributed by atoms with Gasteiger partial charge in [0.2, 0.25) is 0 Å². The number of pyridine rings is 1. The van der Waals surface area contributed by atoms with Crippen molar-refractivity contribution in [1.82, 2.24) is 4.98 Å². The molecule has 4 heteroatoms. The Morgan fingerprint density at radius 3 is 2.45 bits per heavy atom. The Morgan fingerprint density at radius 2 is 1.95 bits per heavy atom. The van der Waals surface area contributed by atoms with Crippen LogP contribution in [-0.4, -0.2) is 42.5 Å². The summed E-state index contributed by atoms with van der Waals surface area (Å²) >= 11 is 0. The summed E-state index contributed by atoms with van der Waals surface area (Å²) in [5.74, 6) is 0.901. The molecule has 0 radical (unpaired) electrons. The molecular formula is C16H26N2O2. The first-order valence-corrected chi connectivity index (χ1v) is 7.28. The molecular weight excluding hydrogens is 252 g/mol. The fourth-order valence-electron chi connectivity index (χ4n) is 2.49. The van der Waals surface area contributed by atoms with Gasteiger partial charge in [-0.25, -0.2) is 4.98 Å². The molecule has 2 rings (SSSR count). The topological polar surface area (TPSA) is 45.6 Å². The normalized spacial score (nSPS) is 18.9. The van der Waals surface area contributed by atoms with E-state index in [9.17, 15) is 5.11 Å². The van der Waals surface area contributed by atoms with Gasteiger partial charge in [-0.2, -0.15) is 0 Å². The number of likely N-dealkylation sites (N-methyl/N-ethyl adjacent to an activating group) is 1. The third kappa shape index (κ3) is 3.70. The number of aliphatic hydroxyl groups is 1. The van der Waals surface area contributed by atoms with Crippen molar-refractivity contribution in [1.29, 1.82) is 0 Å². The number of hydrogen-bond donors (Lipinski definition) is 1. The van der Waals surface area contributed by atoms with Gasteiger partial charge in [-0.05, 0) is 17.0 Å². The zero-order chi connectivity index (χ0) is 14.8. The highest BCUT2D eigenvalue weighted by Gasteiger charge is 2.31. The van der Waals surface area contributed by atoms with Crippen LogP contribution in [0.4, 0.5) is 5.82 Å². The number of anilines is 1. The molecule has 0 saturated carbocycles. The standard InChI is InChI=1S/C16H26N2O2/c1-15(2,3)13-5-6-14(17-11-13)18(4)12-16(19)7-9-20-10-8-16/h5-6,11,19H,7-10,12H2,1-4H3. The molecule has 1 aliphatic heterocycles. The molecule has 0 aromatic carbocycles. The van der Waals surface area contributed by atoms with E-state index in [2.05, 4.69) is 31.8 Å². The van der Waals surface area contributed by atoms with E-state index in [0.29, 0.717) is 32.6 Å². The molecule has 2 heterocycles. The van der Waals surface area contributed by atoms with Crippen molar-refractivity contribution >= 4 is 5.82 Å². The van der Waals surface area contributed by atoms with Crippen molar-refractivity contribution in [3.63, 3.8) is 0 Å². The molecule has 0 atom stereocenters. The van der Waals surface area contributed by atoms with Gasteiger partial charge >= 0.3 is 0 Å². The molecule has 1 aromatic rings. The second-order valence-electron chi connectivity index (χ2n) is 6.85. The van der Waals surface area contributed by atoms with E-state index in [4.69, 9.17) is 4.74 Å². The van der Waals surface area contributed by atoms with Crippen LogP contribution in [0.25, 0.3) is 0 Å². The lowest BCUT2D eigenvalue weighted by atomic mass is 9.88. The van der Waals surface area contributed by atoms with Crippen LogP contribution in [0.2, 0.25) is 0 Å². The number of nitrogens with zero attached hydrogens (tertiary/aromatic N) is 2. The summed E-state index contributed by atoms with van der Waals surface area (Å²) in [6.45, 7) is 8.41. The Bertz CT molecular complexity index is 431. The average molecular weight is 278 g/mol. The van der Waals surface area contributed by atoms with Crippen LogP contribution in [0.1, 0.15) is 39.2 Å². The van der Waals surface area contributed by atoms with E-state index in [0.717, 1.165) is 5.82 Å². The van der Waals surface area contributed by atoms with Crippen LogP contribution in [0.15, 0.2) is 18.3 Å². The second kappa shape index (κ2) is 5.70. The molecule has 112 valence electrons. The minimum Gasteiger partial charge on any atom is -0.388 e. The van der Waals surface area contributed by atoms with E-state index in [1.807, 2.05) is 24.2 Å². The molecule has 20 heavy (non-hydrogen) atoms. The molecule has 0 spiro atoms. The quantitative estimate of drug-likeness (QED) is 0.922. The Balaban J connectivity index is 2.04. The first-order chi connectivity index (χ1) is 9.30. The van der Waals surface area contributed by atoms with Crippen LogP contribution >= 0.6 is 0 Å². The van der Waals surface area contributed by atoms with Crippen molar-refractivity contribution in [3.8, 4) is 0 Å². The van der Waals surface area contributed by atoms with Crippen LogP contribution in [0, 0.1) is 0 Å². The lowest BCUT2D eigenvalue weighted by Crippen LogP contribution is -2.46. The largest absolute Gasteiger partial charge is 0.388 e. The zero-order valence-electron chi connectivity index (χ0n) is 13.0. The molecule has 4 nitrogen and oxygen atoms in total. The Hall–Kier alpha value is -1.13. The van der Waals surface area contributed by atoms with Gasteiger partial charge < -0.3 is 14.7 Å². The molecule has 0 aliphatic carbocycles. The SMILES string of the molecule is CN(CC1(O)CCOCC1)c1ccc(C(C)(C)C)cn1. The maximum Gasteiger partial charge on any atom is 0.128 e. The van der Waals surface area contributed by atoms with E-state index in [1.54, 1.807) is 0 Å². The van der Waals surface area contributed by atoms with Crippen molar-refractivity contribution < 1.29 is 9.84 Å². The maximum absolute atomic E-state index is 10.5. The zero-order valence-corrected chi connectivity index (χ0v) is 13.0. The number of ether oxygens (including phenoxy) is 1. The van der Waals surface area contributed by atoms with Crippen molar-refractivity contribution in [2.45, 2.75) is 44.6 Å². The summed E-state index contributed by atoms with van der Waals surface area (Å²) in [7, 11) is 1.98. The van der Waals surface area contributed by atoms with Crippen molar-refractivity contribution in [2.24, 2.45) is 0 Å². The Labute approximate surface area is 121 Å². The number of hydrogen-bond acceptors (Lipinski definition) is 4. The average Bonchev–Trinajstić information content (AvgIpc) is 2.38.